The van der Waals surface area contributed by atoms with Crippen molar-refractivity contribution in [2.45, 2.75) is 12.8 Å². The summed E-state index contributed by atoms with van der Waals surface area (Å²) in [6.45, 7) is 1.84. The maximum absolute atomic E-state index is 13.1. The Morgan fingerprint density at radius 3 is 2.38 bits per heavy atom. The molecule has 2 aromatic carbocycles. The van der Waals surface area contributed by atoms with Crippen molar-refractivity contribution in [2.24, 2.45) is 11.3 Å². The highest BCUT2D eigenvalue weighted by Crippen LogP contribution is 2.67. The van der Waals surface area contributed by atoms with Crippen LogP contribution < -0.4 is 0 Å². The van der Waals surface area contributed by atoms with Gasteiger partial charge in [-0.2, -0.15) is 5.26 Å². The topological polar surface area (TPSA) is 67.2 Å². The summed E-state index contributed by atoms with van der Waals surface area (Å²) in [4.78, 5) is 25.7. The Morgan fingerprint density at radius 1 is 1.15 bits per heavy atom. The number of nitriles is 1. The van der Waals surface area contributed by atoms with Gasteiger partial charge < -0.3 is 4.74 Å². The third-order valence-electron chi connectivity index (χ3n) is 4.66. The molecule has 132 valence electrons. The second kappa shape index (κ2) is 7.34. The molecule has 0 aromatic heterocycles. The lowest BCUT2D eigenvalue weighted by Crippen LogP contribution is -2.23. The highest BCUT2D eigenvalue weighted by molar-refractivity contribution is 9.10. The van der Waals surface area contributed by atoms with Crippen LogP contribution in [0.15, 0.2) is 57.5 Å². The van der Waals surface area contributed by atoms with Gasteiger partial charge in [0.05, 0.1) is 18.6 Å². The monoisotopic (exact) mass is 475 g/mol. The summed E-state index contributed by atoms with van der Waals surface area (Å²) in [7, 11) is 0. The first-order valence-corrected chi connectivity index (χ1v) is 9.68. The number of hydrogen-bond donors (Lipinski definition) is 0. The number of ketones is 1. The van der Waals surface area contributed by atoms with Gasteiger partial charge in [-0.15, -0.1) is 0 Å². The molecule has 6 heteroatoms. The van der Waals surface area contributed by atoms with E-state index in [9.17, 15) is 14.9 Å². The average Bonchev–Trinajstić information content (AvgIpc) is 3.32. The predicted molar refractivity (Wildman–Crippen MR) is 104 cm³/mol. The Hall–Kier alpha value is -1.97. The summed E-state index contributed by atoms with van der Waals surface area (Å²) in [5, 5.41) is 9.86. The fraction of sp³-hybridized carbons (Fsp3) is 0.250. The van der Waals surface area contributed by atoms with Gasteiger partial charge >= 0.3 is 5.97 Å². The van der Waals surface area contributed by atoms with Gasteiger partial charge in [0.15, 0.2) is 11.2 Å². The molecule has 3 unspecified atom stereocenters. The zero-order valence-corrected chi connectivity index (χ0v) is 17.1. The van der Waals surface area contributed by atoms with Crippen molar-refractivity contribution in [1.82, 2.24) is 0 Å². The Morgan fingerprint density at radius 2 is 1.81 bits per heavy atom. The molecule has 26 heavy (non-hydrogen) atoms. The zero-order chi connectivity index (χ0) is 18.9. The molecule has 0 aliphatic heterocycles. The summed E-state index contributed by atoms with van der Waals surface area (Å²) in [6, 6.07) is 16.3. The van der Waals surface area contributed by atoms with E-state index >= 15 is 0 Å². The highest BCUT2D eigenvalue weighted by Gasteiger charge is 2.75. The van der Waals surface area contributed by atoms with Crippen LogP contribution in [0.2, 0.25) is 0 Å². The molecule has 0 radical (unpaired) electrons. The van der Waals surface area contributed by atoms with Crippen LogP contribution in [0.1, 0.15) is 28.8 Å². The Balaban J connectivity index is 2.07. The third kappa shape index (κ3) is 3.00. The molecular formula is C20H15Br2NO3. The average molecular weight is 477 g/mol. The van der Waals surface area contributed by atoms with Gasteiger partial charge in [-0.1, -0.05) is 62.2 Å². The first-order chi connectivity index (χ1) is 12.5. The first kappa shape index (κ1) is 18.8. The smallest absolute Gasteiger partial charge is 0.327 e. The summed E-state index contributed by atoms with van der Waals surface area (Å²) in [5.74, 6) is -2.18. The van der Waals surface area contributed by atoms with Gasteiger partial charge in [0.2, 0.25) is 0 Å². The van der Waals surface area contributed by atoms with E-state index < -0.39 is 23.2 Å². The van der Waals surface area contributed by atoms with Crippen molar-refractivity contribution >= 4 is 43.6 Å². The van der Waals surface area contributed by atoms with E-state index in [0.717, 1.165) is 14.5 Å². The molecule has 0 spiro atoms. The summed E-state index contributed by atoms with van der Waals surface area (Å²) >= 11 is 6.81. The molecule has 1 aliphatic carbocycles. The highest BCUT2D eigenvalue weighted by atomic mass is 79.9. The number of nitrogens with zero attached hydrogens (tertiary/aromatic N) is 1. The number of Topliss-reactive ketones (excluding diaryl/α,β-unsaturated/α-hetero) is 1. The molecule has 0 saturated heterocycles. The fourth-order valence-electron chi connectivity index (χ4n) is 3.38. The Bertz CT molecular complexity index is 904. The molecule has 1 aliphatic rings. The lowest BCUT2D eigenvalue weighted by molar-refractivity contribution is -0.147. The number of halogens is 2. The normalized spacial score (nSPS) is 23.8. The van der Waals surface area contributed by atoms with Crippen LogP contribution >= 0.6 is 31.9 Å². The summed E-state index contributed by atoms with van der Waals surface area (Å²) in [6.07, 6.45) is 0. The molecule has 1 saturated carbocycles. The molecule has 3 atom stereocenters. The quantitative estimate of drug-likeness (QED) is 0.455. The molecule has 0 N–H and O–H groups in total. The molecule has 0 amide bonds. The van der Waals surface area contributed by atoms with Crippen LogP contribution in [-0.4, -0.2) is 18.4 Å². The van der Waals surface area contributed by atoms with E-state index in [4.69, 9.17) is 4.74 Å². The van der Waals surface area contributed by atoms with E-state index in [1.807, 2.05) is 24.3 Å². The number of benzene rings is 2. The number of carbonyl (C=O) groups is 2. The second-order valence-electron chi connectivity index (χ2n) is 6.05. The Kier molecular flexibility index (Phi) is 5.31. The molecule has 2 aromatic rings. The Labute approximate surface area is 168 Å². The first-order valence-electron chi connectivity index (χ1n) is 8.10. The second-order valence-corrected chi connectivity index (χ2v) is 7.82. The lowest BCUT2D eigenvalue weighted by atomic mass is 9.99. The van der Waals surface area contributed by atoms with Crippen molar-refractivity contribution in [2.75, 3.05) is 6.61 Å². The van der Waals surface area contributed by atoms with Crippen LogP contribution in [0.25, 0.3) is 0 Å². The van der Waals surface area contributed by atoms with Crippen LogP contribution in [0.4, 0.5) is 0 Å². The summed E-state index contributed by atoms with van der Waals surface area (Å²) in [5.41, 5.74) is -0.265. The number of rotatable bonds is 5. The minimum absolute atomic E-state index is 0.157. The fourth-order valence-corrected chi connectivity index (χ4v) is 4.18. The van der Waals surface area contributed by atoms with Crippen LogP contribution in [0, 0.1) is 22.7 Å². The number of hydrogen-bond acceptors (Lipinski definition) is 4. The van der Waals surface area contributed by atoms with Crippen molar-refractivity contribution in [3.8, 4) is 6.07 Å². The van der Waals surface area contributed by atoms with E-state index in [1.165, 1.54) is 0 Å². The van der Waals surface area contributed by atoms with Crippen LogP contribution in [0.5, 0.6) is 0 Å². The zero-order valence-electron chi connectivity index (χ0n) is 13.9. The van der Waals surface area contributed by atoms with E-state index in [-0.39, 0.29) is 12.4 Å². The van der Waals surface area contributed by atoms with E-state index in [2.05, 4.69) is 37.9 Å². The van der Waals surface area contributed by atoms with Gasteiger partial charge in [-0.05, 0) is 30.7 Å². The summed E-state index contributed by atoms with van der Waals surface area (Å²) < 4.78 is 6.77. The van der Waals surface area contributed by atoms with Crippen molar-refractivity contribution in [3.05, 3.63) is 68.6 Å². The van der Waals surface area contributed by atoms with Crippen molar-refractivity contribution in [1.29, 1.82) is 5.26 Å². The van der Waals surface area contributed by atoms with Crippen LogP contribution in [-0.2, 0) is 9.53 Å². The number of esters is 1. The minimum Gasteiger partial charge on any atom is -0.465 e. The van der Waals surface area contributed by atoms with Gasteiger partial charge in [-0.25, -0.2) is 0 Å². The standard InChI is InChI=1S/C20H15Br2NO3/c1-2-26-19(25)20(11-23)16(14-5-3-4-6-15(14)22)17(20)18(24)12-7-9-13(21)10-8-12/h3-10,16-17H,2H2,1H3. The molecule has 3 rings (SSSR count). The number of carbonyl (C=O) groups excluding carboxylic acids is 2. The molecule has 1 fully saturated rings. The van der Waals surface area contributed by atoms with Crippen molar-refractivity contribution in [3.63, 3.8) is 0 Å². The van der Waals surface area contributed by atoms with Gasteiger partial charge in [0, 0.05) is 20.4 Å². The third-order valence-corrected chi connectivity index (χ3v) is 5.91. The molecular weight excluding hydrogens is 462 g/mol. The maximum Gasteiger partial charge on any atom is 0.327 e. The molecule has 0 bridgehead atoms. The lowest BCUT2D eigenvalue weighted by Gasteiger charge is -2.09. The largest absolute Gasteiger partial charge is 0.465 e. The van der Waals surface area contributed by atoms with Crippen LogP contribution in [0.3, 0.4) is 0 Å². The van der Waals surface area contributed by atoms with Gasteiger partial charge in [0.25, 0.3) is 0 Å². The van der Waals surface area contributed by atoms with Gasteiger partial charge in [-0.3, -0.25) is 9.59 Å². The van der Waals surface area contributed by atoms with Gasteiger partial charge in [0.1, 0.15) is 0 Å². The minimum atomic E-state index is -1.50. The molecule has 4 nitrogen and oxygen atoms in total. The van der Waals surface area contributed by atoms with E-state index in [0.29, 0.717) is 5.56 Å². The van der Waals surface area contributed by atoms with Crippen molar-refractivity contribution < 1.29 is 14.3 Å². The maximum atomic E-state index is 13.1. The predicted octanol–water partition coefficient (Wildman–Crippen LogP) is 4.88. The number of ether oxygens (including phenoxy) is 1. The van der Waals surface area contributed by atoms with E-state index in [1.54, 1.807) is 31.2 Å². The molecule has 0 heterocycles. The SMILES string of the molecule is CCOC(=O)C1(C#N)C(C(=O)c2ccc(Br)cc2)C1c1ccccc1Br.